The van der Waals surface area contributed by atoms with E-state index in [0.717, 1.165) is 0 Å². The standard InChI is InChI=1S/C13H20N2O5/c1-8-12(3,19)11(2,7-16)20-13(8,4)15-6-5-9(17)14-10(15)18/h5-6,8,16,19H,7H2,1-4H3,(H,14,17,18). The third-order valence-electron chi connectivity index (χ3n) is 4.75. The Balaban J connectivity index is 2.62. The molecule has 0 aliphatic carbocycles. The summed E-state index contributed by atoms with van der Waals surface area (Å²) in [4.78, 5) is 25.3. The van der Waals surface area contributed by atoms with Gasteiger partial charge in [-0.25, -0.2) is 4.79 Å². The number of aromatic amines is 1. The van der Waals surface area contributed by atoms with Crippen LogP contribution >= 0.6 is 0 Å². The maximum atomic E-state index is 12.0. The zero-order valence-electron chi connectivity index (χ0n) is 12.0. The van der Waals surface area contributed by atoms with E-state index in [0.29, 0.717) is 0 Å². The van der Waals surface area contributed by atoms with Gasteiger partial charge in [-0.05, 0) is 20.8 Å². The lowest BCUT2D eigenvalue weighted by Gasteiger charge is -2.35. The van der Waals surface area contributed by atoms with Crippen molar-refractivity contribution >= 4 is 0 Å². The van der Waals surface area contributed by atoms with Crippen LogP contribution in [0.1, 0.15) is 27.7 Å². The highest BCUT2D eigenvalue weighted by molar-refractivity contribution is 5.10. The van der Waals surface area contributed by atoms with Crippen LogP contribution in [-0.4, -0.2) is 37.6 Å². The quantitative estimate of drug-likeness (QED) is 0.671. The van der Waals surface area contributed by atoms with Crippen molar-refractivity contribution < 1.29 is 14.9 Å². The van der Waals surface area contributed by atoms with Crippen LogP contribution in [0.2, 0.25) is 0 Å². The fourth-order valence-electron chi connectivity index (χ4n) is 2.84. The molecular formula is C13H20N2O5. The highest BCUT2D eigenvalue weighted by Gasteiger charge is 2.64. The minimum atomic E-state index is -1.34. The second-order valence-corrected chi connectivity index (χ2v) is 5.90. The highest BCUT2D eigenvalue weighted by atomic mass is 16.6. The van der Waals surface area contributed by atoms with E-state index in [4.69, 9.17) is 4.74 Å². The molecule has 4 unspecified atom stereocenters. The average Bonchev–Trinajstić information content (AvgIpc) is 2.49. The van der Waals surface area contributed by atoms with Gasteiger partial charge in [-0.1, -0.05) is 6.92 Å². The number of aromatic nitrogens is 2. The third-order valence-corrected chi connectivity index (χ3v) is 4.75. The summed E-state index contributed by atoms with van der Waals surface area (Å²) in [5.41, 5.74) is -4.85. The molecular weight excluding hydrogens is 264 g/mol. The lowest BCUT2D eigenvalue weighted by molar-refractivity contribution is -0.180. The Morgan fingerprint density at radius 1 is 1.40 bits per heavy atom. The summed E-state index contributed by atoms with van der Waals surface area (Å²) in [5.74, 6) is -0.490. The number of nitrogens with zero attached hydrogens (tertiary/aromatic N) is 1. The number of aliphatic hydroxyl groups excluding tert-OH is 1. The number of ether oxygens (including phenoxy) is 1. The third kappa shape index (κ3) is 1.77. The van der Waals surface area contributed by atoms with Gasteiger partial charge in [0, 0.05) is 18.2 Å². The predicted molar refractivity (Wildman–Crippen MR) is 71.3 cm³/mol. The van der Waals surface area contributed by atoms with Crippen molar-refractivity contribution in [1.82, 2.24) is 9.55 Å². The number of nitrogens with one attached hydrogen (secondary N) is 1. The smallest absolute Gasteiger partial charge is 0.330 e. The second kappa shape index (κ2) is 4.28. The van der Waals surface area contributed by atoms with Gasteiger partial charge in [0.25, 0.3) is 5.56 Å². The SMILES string of the molecule is CC1C(C)(n2ccc(=O)[nH]c2=O)OC(C)(CO)C1(C)O. The van der Waals surface area contributed by atoms with Gasteiger partial charge in [-0.2, -0.15) is 0 Å². The Hall–Kier alpha value is -1.44. The van der Waals surface area contributed by atoms with E-state index in [2.05, 4.69) is 4.98 Å². The zero-order chi connectivity index (χ0) is 15.3. The van der Waals surface area contributed by atoms with Crippen molar-refractivity contribution in [2.75, 3.05) is 6.61 Å². The van der Waals surface area contributed by atoms with E-state index in [1.54, 1.807) is 27.7 Å². The summed E-state index contributed by atoms with van der Waals surface area (Å²) < 4.78 is 7.09. The fraction of sp³-hybridized carbons (Fsp3) is 0.692. The molecule has 0 aromatic carbocycles. The van der Waals surface area contributed by atoms with E-state index < -0.39 is 40.7 Å². The van der Waals surface area contributed by atoms with E-state index in [-0.39, 0.29) is 0 Å². The Morgan fingerprint density at radius 3 is 2.45 bits per heavy atom. The number of aliphatic hydroxyl groups is 2. The predicted octanol–water partition coefficient (Wildman–Crippen LogP) is -0.622. The van der Waals surface area contributed by atoms with Crippen LogP contribution in [0.15, 0.2) is 21.9 Å². The Bertz CT molecular complexity index is 631. The van der Waals surface area contributed by atoms with E-state index in [1.807, 2.05) is 0 Å². The maximum absolute atomic E-state index is 12.0. The van der Waals surface area contributed by atoms with Gasteiger partial charge in [0.2, 0.25) is 0 Å². The van der Waals surface area contributed by atoms with Gasteiger partial charge in [0.05, 0.1) is 12.2 Å². The molecule has 1 aromatic heterocycles. The van der Waals surface area contributed by atoms with Gasteiger partial charge < -0.3 is 14.9 Å². The highest BCUT2D eigenvalue weighted by Crippen LogP contribution is 2.51. The molecule has 1 aliphatic heterocycles. The van der Waals surface area contributed by atoms with E-state index in [9.17, 15) is 19.8 Å². The van der Waals surface area contributed by atoms with Crippen molar-refractivity contribution in [1.29, 1.82) is 0 Å². The molecule has 0 saturated carbocycles. The van der Waals surface area contributed by atoms with Gasteiger partial charge in [0.15, 0.2) is 5.72 Å². The van der Waals surface area contributed by atoms with Gasteiger partial charge >= 0.3 is 5.69 Å². The van der Waals surface area contributed by atoms with Crippen LogP contribution in [0.5, 0.6) is 0 Å². The zero-order valence-corrected chi connectivity index (χ0v) is 12.0. The Kier molecular flexibility index (Phi) is 3.20. The fourth-order valence-corrected chi connectivity index (χ4v) is 2.84. The second-order valence-electron chi connectivity index (χ2n) is 5.90. The van der Waals surface area contributed by atoms with Crippen molar-refractivity contribution in [2.24, 2.45) is 5.92 Å². The first kappa shape index (κ1) is 15.0. The molecule has 4 atom stereocenters. The lowest BCUT2D eigenvalue weighted by Crippen LogP contribution is -2.52. The number of H-pyrrole nitrogens is 1. The summed E-state index contributed by atoms with van der Waals surface area (Å²) in [6, 6.07) is 1.21. The number of hydrogen-bond donors (Lipinski definition) is 3. The first-order chi connectivity index (χ1) is 9.08. The Labute approximate surface area is 115 Å². The largest absolute Gasteiger partial charge is 0.393 e. The minimum Gasteiger partial charge on any atom is -0.393 e. The molecule has 112 valence electrons. The van der Waals surface area contributed by atoms with Crippen LogP contribution in [0.3, 0.4) is 0 Å². The average molecular weight is 284 g/mol. The summed E-state index contributed by atoms with van der Waals surface area (Å²) in [6.45, 7) is 6.14. The lowest BCUT2D eigenvalue weighted by atomic mass is 9.77. The molecule has 3 N–H and O–H groups in total. The van der Waals surface area contributed by atoms with Crippen LogP contribution in [-0.2, 0) is 10.5 Å². The summed E-state index contributed by atoms with van der Waals surface area (Å²) in [7, 11) is 0. The number of rotatable bonds is 2. The van der Waals surface area contributed by atoms with Gasteiger partial charge in [-0.15, -0.1) is 0 Å². The van der Waals surface area contributed by atoms with Gasteiger partial charge in [0.1, 0.15) is 5.60 Å². The van der Waals surface area contributed by atoms with Crippen molar-refractivity contribution in [3.8, 4) is 0 Å². The number of hydrogen-bond acceptors (Lipinski definition) is 5. The molecule has 0 spiro atoms. The molecule has 1 aromatic rings. The minimum absolute atomic E-state index is 0.391. The summed E-state index contributed by atoms with van der Waals surface area (Å²) in [6.07, 6.45) is 1.33. The molecule has 7 nitrogen and oxygen atoms in total. The summed E-state index contributed by atoms with van der Waals surface area (Å²) >= 11 is 0. The molecule has 0 amide bonds. The molecule has 0 bridgehead atoms. The van der Waals surface area contributed by atoms with Crippen molar-refractivity contribution in [3.63, 3.8) is 0 Å². The van der Waals surface area contributed by atoms with Crippen LogP contribution in [0, 0.1) is 5.92 Å². The molecule has 1 fully saturated rings. The molecule has 2 rings (SSSR count). The van der Waals surface area contributed by atoms with Crippen LogP contribution in [0.4, 0.5) is 0 Å². The van der Waals surface area contributed by atoms with E-state index in [1.165, 1.54) is 16.8 Å². The van der Waals surface area contributed by atoms with Crippen LogP contribution in [0.25, 0.3) is 0 Å². The summed E-state index contributed by atoms with van der Waals surface area (Å²) in [5, 5.41) is 20.2. The first-order valence-electron chi connectivity index (χ1n) is 6.44. The monoisotopic (exact) mass is 284 g/mol. The molecule has 1 saturated heterocycles. The topological polar surface area (TPSA) is 105 Å². The maximum Gasteiger partial charge on any atom is 0.330 e. The molecule has 7 heteroatoms. The molecule has 0 radical (unpaired) electrons. The van der Waals surface area contributed by atoms with E-state index >= 15 is 0 Å². The van der Waals surface area contributed by atoms with Gasteiger partial charge in [-0.3, -0.25) is 14.3 Å². The van der Waals surface area contributed by atoms with Crippen molar-refractivity contribution in [2.45, 2.75) is 44.6 Å². The van der Waals surface area contributed by atoms with Crippen molar-refractivity contribution in [3.05, 3.63) is 33.1 Å². The molecule has 1 aliphatic rings. The van der Waals surface area contributed by atoms with Crippen LogP contribution < -0.4 is 11.2 Å². The molecule has 20 heavy (non-hydrogen) atoms. The Morgan fingerprint density at radius 2 is 2.00 bits per heavy atom. The molecule has 2 heterocycles. The normalized spacial score (nSPS) is 41.0. The first-order valence-corrected chi connectivity index (χ1v) is 6.44.